The third kappa shape index (κ3) is 2.86. The van der Waals surface area contributed by atoms with Gasteiger partial charge in [0.15, 0.2) is 0 Å². The lowest BCUT2D eigenvalue weighted by molar-refractivity contribution is 0.0697. The number of allylic oxidation sites excluding steroid dienone is 1. The van der Waals surface area contributed by atoms with Gasteiger partial charge in [-0.05, 0) is 23.8 Å². The summed E-state index contributed by atoms with van der Waals surface area (Å²) in [6.07, 6.45) is 3.64. The Balaban J connectivity index is 3.08. The summed E-state index contributed by atoms with van der Waals surface area (Å²) in [7, 11) is 0. The Labute approximate surface area is 95.3 Å². The van der Waals surface area contributed by atoms with Gasteiger partial charge in [-0.2, -0.15) is 0 Å². The summed E-state index contributed by atoms with van der Waals surface area (Å²) in [6, 6.07) is 4.61. The largest absolute Gasteiger partial charge is 0.478 e. The van der Waals surface area contributed by atoms with E-state index in [-0.39, 0.29) is 5.56 Å². The van der Waals surface area contributed by atoms with E-state index in [9.17, 15) is 4.79 Å². The molecule has 0 atom stereocenters. The zero-order valence-corrected chi connectivity index (χ0v) is 9.55. The Morgan fingerprint density at radius 2 is 2.29 bits per heavy atom. The quantitative estimate of drug-likeness (QED) is 0.858. The summed E-state index contributed by atoms with van der Waals surface area (Å²) < 4.78 is 0. The Morgan fingerprint density at radius 1 is 1.57 bits per heavy atom. The molecule has 14 heavy (non-hydrogen) atoms. The molecule has 0 aliphatic carbocycles. The summed E-state index contributed by atoms with van der Waals surface area (Å²) >= 11 is 9.11. The number of hydrogen-bond acceptors (Lipinski definition) is 1. The molecule has 0 amide bonds. The summed E-state index contributed by atoms with van der Waals surface area (Å²) in [5, 5.41) is 10.0. The first kappa shape index (κ1) is 11.3. The van der Waals surface area contributed by atoms with E-state index < -0.39 is 5.97 Å². The van der Waals surface area contributed by atoms with Crippen LogP contribution >= 0.6 is 27.5 Å². The number of alkyl halides is 1. The van der Waals surface area contributed by atoms with Crippen LogP contribution in [0.15, 0.2) is 24.3 Å². The molecule has 4 heteroatoms. The van der Waals surface area contributed by atoms with Crippen LogP contribution in [0.2, 0.25) is 5.02 Å². The van der Waals surface area contributed by atoms with Crippen molar-refractivity contribution in [3.05, 3.63) is 40.4 Å². The van der Waals surface area contributed by atoms with Crippen molar-refractivity contribution in [3.8, 4) is 0 Å². The average Bonchev–Trinajstić information content (AvgIpc) is 2.16. The van der Waals surface area contributed by atoms with Crippen LogP contribution in [0.3, 0.4) is 0 Å². The van der Waals surface area contributed by atoms with Crippen LogP contribution in [0.25, 0.3) is 6.08 Å². The minimum Gasteiger partial charge on any atom is -0.478 e. The van der Waals surface area contributed by atoms with Gasteiger partial charge in [0.1, 0.15) is 0 Å². The predicted molar refractivity (Wildman–Crippen MR) is 61.2 cm³/mol. The monoisotopic (exact) mass is 274 g/mol. The van der Waals surface area contributed by atoms with Crippen LogP contribution in [0.4, 0.5) is 0 Å². The fourth-order valence-corrected chi connectivity index (χ4v) is 1.34. The second-order valence-corrected chi connectivity index (χ2v) is 3.65. The van der Waals surface area contributed by atoms with Gasteiger partial charge in [-0.1, -0.05) is 39.7 Å². The molecule has 0 heterocycles. The van der Waals surface area contributed by atoms with Gasteiger partial charge in [0.2, 0.25) is 0 Å². The van der Waals surface area contributed by atoms with E-state index in [0.29, 0.717) is 15.9 Å². The van der Waals surface area contributed by atoms with Crippen molar-refractivity contribution in [3.63, 3.8) is 0 Å². The molecule has 1 rings (SSSR count). The lowest BCUT2D eigenvalue weighted by atomic mass is 10.1. The van der Waals surface area contributed by atoms with Crippen LogP contribution in [-0.4, -0.2) is 16.4 Å². The smallest absolute Gasteiger partial charge is 0.335 e. The molecule has 0 unspecified atom stereocenters. The Morgan fingerprint density at radius 3 is 2.86 bits per heavy atom. The van der Waals surface area contributed by atoms with Gasteiger partial charge in [0.05, 0.1) is 5.56 Å². The molecule has 1 aromatic carbocycles. The molecule has 0 aliphatic heterocycles. The van der Waals surface area contributed by atoms with E-state index in [1.165, 1.54) is 6.07 Å². The molecule has 1 aromatic rings. The highest BCUT2D eigenvalue weighted by Crippen LogP contribution is 2.19. The van der Waals surface area contributed by atoms with E-state index in [2.05, 4.69) is 15.9 Å². The predicted octanol–water partition coefficient (Wildman–Crippen LogP) is 3.45. The van der Waals surface area contributed by atoms with Crippen LogP contribution in [0.5, 0.6) is 0 Å². The maximum atomic E-state index is 10.7. The van der Waals surface area contributed by atoms with Gasteiger partial charge in [-0.25, -0.2) is 4.79 Å². The van der Waals surface area contributed by atoms with E-state index in [0.717, 1.165) is 0 Å². The molecular formula is C10H8BrClO2. The summed E-state index contributed by atoms with van der Waals surface area (Å²) in [5.41, 5.74) is 0.953. The molecule has 2 nitrogen and oxygen atoms in total. The van der Waals surface area contributed by atoms with Crippen LogP contribution in [-0.2, 0) is 0 Å². The minimum atomic E-state index is -0.949. The third-order valence-corrected chi connectivity index (χ3v) is 2.35. The van der Waals surface area contributed by atoms with Gasteiger partial charge in [-0.3, -0.25) is 0 Å². The van der Waals surface area contributed by atoms with Crippen molar-refractivity contribution in [2.75, 3.05) is 5.33 Å². The number of halogens is 2. The van der Waals surface area contributed by atoms with Crippen LogP contribution in [0.1, 0.15) is 15.9 Å². The summed E-state index contributed by atoms with van der Waals surface area (Å²) in [6.45, 7) is 0. The molecule has 0 spiro atoms. The lowest BCUT2D eigenvalue weighted by Gasteiger charge is -1.99. The molecule has 0 aromatic heterocycles. The highest BCUT2D eigenvalue weighted by atomic mass is 79.9. The zero-order valence-electron chi connectivity index (χ0n) is 7.21. The van der Waals surface area contributed by atoms with E-state index in [4.69, 9.17) is 16.7 Å². The Kier molecular flexibility index (Phi) is 4.17. The zero-order chi connectivity index (χ0) is 10.6. The molecular weight excluding hydrogens is 267 g/mol. The van der Waals surface area contributed by atoms with E-state index >= 15 is 0 Å². The van der Waals surface area contributed by atoms with Gasteiger partial charge in [-0.15, -0.1) is 0 Å². The van der Waals surface area contributed by atoms with Gasteiger partial charge in [0, 0.05) is 10.4 Å². The maximum Gasteiger partial charge on any atom is 0.335 e. The van der Waals surface area contributed by atoms with Crippen LogP contribution in [0, 0.1) is 0 Å². The van der Waals surface area contributed by atoms with Gasteiger partial charge < -0.3 is 5.11 Å². The molecule has 0 fully saturated rings. The van der Waals surface area contributed by atoms with Crippen molar-refractivity contribution in [2.45, 2.75) is 0 Å². The topological polar surface area (TPSA) is 37.3 Å². The molecule has 0 bridgehead atoms. The fourth-order valence-electron chi connectivity index (χ4n) is 0.976. The molecule has 1 N–H and O–H groups in total. The molecule has 0 saturated heterocycles. The van der Waals surface area contributed by atoms with Crippen molar-refractivity contribution in [2.24, 2.45) is 0 Å². The highest BCUT2D eigenvalue weighted by Gasteiger charge is 2.04. The first-order chi connectivity index (χ1) is 6.65. The standard InChI is InChI=1S/C10H8BrClO2/c11-5-1-2-7-6-8(10(13)14)3-4-9(7)12/h1-4,6H,5H2,(H,13,14). The first-order valence-electron chi connectivity index (χ1n) is 3.90. The fraction of sp³-hybridized carbons (Fsp3) is 0.100. The van der Waals surface area contributed by atoms with Crippen molar-refractivity contribution in [1.29, 1.82) is 0 Å². The Bertz CT molecular complexity index is 374. The number of aromatic carboxylic acids is 1. The van der Waals surface area contributed by atoms with Crippen molar-refractivity contribution >= 4 is 39.6 Å². The number of hydrogen-bond donors (Lipinski definition) is 1. The lowest BCUT2D eigenvalue weighted by Crippen LogP contribution is -1.96. The molecule has 74 valence electrons. The maximum absolute atomic E-state index is 10.7. The van der Waals surface area contributed by atoms with Crippen molar-refractivity contribution < 1.29 is 9.90 Å². The molecule has 0 radical (unpaired) electrons. The molecule has 0 saturated carbocycles. The SMILES string of the molecule is O=C(O)c1ccc(Cl)c(C=CCBr)c1. The first-order valence-corrected chi connectivity index (χ1v) is 5.40. The van der Waals surface area contributed by atoms with E-state index in [1.807, 2.05) is 6.08 Å². The van der Waals surface area contributed by atoms with Crippen LogP contribution < -0.4 is 0 Å². The van der Waals surface area contributed by atoms with Crippen molar-refractivity contribution in [1.82, 2.24) is 0 Å². The number of carboxylic acid groups (broad SMARTS) is 1. The van der Waals surface area contributed by atoms with Gasteiger partial charge in [0.25, 0.3) is 0 Å². The third-order valence-electron chi connectivity index (χ3n) is 1.63. The number of carbonyl (C=O) groups is 1. The number of benzene rings is 1. The average molecular weight is 276 g/mol. The summed E-state index contributed by atoms with van der Waals surface area (Å²) in [5.74, 6) is -0.949. The molecule has 0 aliphatic rings. The number of carboxylic acids is 1. The summed E-state index contributed by atoms with van der Waals surface area (Å²) in [4.78, 5) is 10.7. The second-order valence-electron chi connectivity index (χ2n) is 2.60. The highest BCUT2D eigenvalue weighted by molar-refractivity contribution is 9.09. The van der Waals surface area contributed by atoms with Gasteiger partial charge >= 0.3 is 5.97 Å². The van der Waals surface area contributed by atoms with E-state index in [1.54, 1.807) is 18.2 Å². The number of rotatable bonds is 3. The Hall–Kier alpha value is -0.800. The second kappa shape index (κ2) is 5.17. The normalized spacial score (nSPS) is 10.7. The minimum absolute atomic E-state index is 0.239.